The molecule has 0 aliphatic heterocycles. The molecule has 0 unspecified atom stereocenters. The van der Waals surface area contributed by atoms with Crippen LogP contribution < -0.4 is 0 Å². The van der Waals surface area contributed by atoms with Crippen molar-refractivity contribution < 1.29 is 9.84 Å². The fraction of sp³-hybridized carbons (Fsp3) is 1.00. The Balaban J connectivity index is 2.80. The summed E-state index contributed by atoms with van der Waals surface area (Å²) in [5.41, 5.74) is 0. The van der Waals surface area contributed by atoms with Crippen LogP contribution in [0.25, 0.3) is 0 Å². The van der Waals surface area contributed by atoms with Gasteiger partial charge in [0.15, 0.2) is 0 Å². The third-order valence-corrected chi connectivity index (χ3v) is 1.50. The van der Waals surface area contributed by atoms with E-state index in [1.807, 2.05) is 0 Å². The summed E-state index contributed by atoms with van der Waals surface area (Å²) in [6.45, 7) is 5.86. The second kappa shape index (κ2) is 8.02. The third kappa shape index (κ3) is 9.92. The van der Waals surface area contributed by atoms with Crippen LogP contribution in [0.15, 0.2) is 0 Å². The minimum Gasteiger partial charge on any atom is -0.381 e. The minimum absolute atomic E-state index is 0.00974. The minimum atomic E-state index is -0.00974. The molecule has 0 rings (SSSR count). The topological polar surface area (TPSA) is 29.1 Å². The lowest BCUT2D eigenvalue weighted by Gasteiger charge is -2.04. The quantitative estimate of drug-likeness (QED) is 0.524. The highest BCUT2D eigenvalue weighted by molar-refractivity contribution is 4.44. The van der Waals surface area contributed by atoms with Crippen molar-refractivity contribution in [2.75, 3.05) is 19.8 Å². The molecular formula is C9H19O2. The predicted molar refractivity (Wildman–Crippen MR) is 45.1 cm³/mol. The van der Waals surface area contributed by atoms with Gasteiger partial charge < -0.3 is 4.74 Å². The van der Waals surface area contributed by atoms with Crippen LogP contribution in [0.2, 0.25) is 0 Å². The second-order valence-electron chi connectivity index (χ2n) is 3.21. The Morgan fingerprint density at radius 1 is 1.18 bits per heavy atom. The molecule has 0 spiro atoms. The van der Waals surface area contributed by atoms with Gasteiger partial charge in [-0.3, -0.25) is 0 Å². The molecule has 0 amide bonds. The largest absolute Gasteiger partial charge is 0.381 e. The van der Waals surface area contributed by atoms with E-state index in [4.69, 9.17) is 4.74 Å². The van der Waals surface area contributed by atoms with Gasteiger partial charge in [-0.05, 0) is 25.2 Å². The van der Waals surface area contributed by atoms with E-state index < -0.39 is 0 Å². The van der Waals surface area contributed by atoms with Gasteiger partial charge in [0, 0.05) is 13.2 Å². The molecule has 0 aliphatic carbocycles. The maximum atomic E-state index is 9.99. The van der Waals surface area contributed by atoms with E-state index in [1.165, 1.54) is 6.42 Å². The van der Waals surface area contributed by atoms with E-state index in [9.17, 15) is 5.11 Å². The SMILES string of the molecule is CC(C)CCCOCCC[O]. The zero-order valence-electron chi connectivity index (χ0n) is 7.64. The lowest BCUT2D eigenvalue weighted by Crippen LogP contribution is -1.99. The molecule has 11 heavy (non-hydrogen) atoms. The van der Waals surface area contributed by atoms with Crippen molar-refractivity contribution in [1.29, 1.82) is 0 Å². The monoisotopic (exact) mass is 159 g/mol. The highest BCUT2D eigenvalue weighted by atomic mass is 16.5. The van der Waals surface area contributed by atoms with Crippen LogP contribution in [0.4, 0.5) is 0 Å². The molecule has 2 nitrogen and oxygen atoms in total. The van der Waals surface area contributed by atoms with Gasteiger partial charge in [-0.2, -0.15) is 0 Å². The zero-order valence-corrected chi connectivity index (χ0v) is 7.64. The molecule has 0 saturated carbocycles. The van der Waals surface area contributed by atoms with Crippen molar-refractivity contribution in [3.8, 4) is 0 Å². The van der Waals surface area contributed by atoms with Gasteiger partial charge in [0.25, 0.3) is 0 Å². The molecule has 0 heterocycles. The van der Waals surface area contributed by atoms with Gasteiger partial charge >= 0.3 is 0 Å². The smallest absolute Gasteiger partial charge is 0.0844 e. The normalized spacial score (nSPS) is 10.9. The van der Waals surface area contributed by atoms with Gasteiger partial charge in [-0.15, -0.1) is 0 Å². The fourth-order valence-corrected chi connectivity index (χ4v) is 0.857. The molecule has 0 bridgehead atoms. The molecule has 0 aromatic heterocycles. The Morgan fingerprint density at radius 3 is 2.36 bits per heavy atom. The molecule has 0 atom stereocenters. The summed E-state index contributed by atoms with van der Waals surface area (Å²) in [5, 5.41) is 9.99. The summed E-state index contributed by atoms with van der Waals surface area (Å²) in [6.07, 6.45) is 3.00. The summed E-state index contributed by atoms with van der Waals surface area (Å²) in [5.74, 6) is 0.762. The molecule has 1 radical (unpaired) electrons. The average Bonchev–Trinajstić information content (AvgIpc) is 1.96. The molecule has 0 aromatic carbocycles. The maximum absolute atomic E-state index is 9.99. The van der Waals surface area contributed by atoms with Crippen molar-refractivity contribution in [3.63, 3.8) is 0 Å². The highest BCUT2D eigenvalue weighted by Gasteiger charge is 1.93. The molecule has 2 heteroatoms. The average molecular weight is 159 g/mol. The van der Waals surface area contributed by atoms with Crippen molar-refractivity contribution in [1.82, 2.24) is 0 Å². The lowest BCUT2D eigenvalue weighted by atomic mass is 10.1. The molecule has 0 saturated heterocycles. The van der Waals surface area contributed by atoms with Crippen LogP contribution in [-0.2, 0) is 9.84 Å². The van der Waals surface area contributed by atoms with Gasteiger partial charge in [0.1, 0.15) is 0 Å². The van der Waals surface area contributed by atoms with Crippen molar-refractivity contribution in [3.05, 3.63) is 0 Å². The van der Waals surface area contributed by atoms with E-state index in [1.54, 1.807) is 0 Å². The molecule has 0 fully saturated rings. The first kappa shape index (κ1) is 10.9. The summed E-state index contributed by atoms with van der Waals surface area (Å²) < 4.78 is 5.22. The summed E-state index contributed by atoms with van der Waals surface area (Å²) in [7, 11) is 0. The molecule has 0 N–H and O–H groups in total. The molecule has 67 valence electrons. The van der Waals surface area contributed by atoms with E-state index in [0.29, 0.717) is 13.0 Å². The Labute approximate surface area is 69.6 Å². The van der Waals surface area contributed by atoms with E-state index in [-0.39, 0.29) is 6.61 Å². The standard InChI is InChI=1S/C9H19O2/c1-9(2)5-3-7-11-8-4-6-10/h9H,3-8H2,1-2H3. The predicted octanol–water partition coefficient (Wildman–Crippen LogP) is 2.26. The van der Waals surface area contributed by atoms with E-state index >= 15 is 0 Å². The summed E-state index contributed by atoms with van der Waals surface area (Å²) in [6, 6.07) is 0. The summed E-state index contributed by atoms with van der Waals surface area (Å²) in [4.78, 5) is 0. The first-order valence-corrected chi connectivity index (χ1v) is 4.43. The van der Waals surface area contributed by atoms with Gasteiger partial charge in [0.2, 0.25) is 0 Å². The Kier molecular flexibility index (Phi) is 7.96. The summed E-state index contributed by atoms with van der Waals surface area (Å²) >= 11 is 0. The maximum Gasteiger partial charge on any atom is 0.0844 e. The van der Waals surface area contributed by atoms with Crippen LogP contribution in [0.5, 0.6) is 0 Å². The fourth-order valence-electron chi connectivity index (χ4n) is 0.857. The first-order chi connectivity index (χ1) is 5.27. The number of ether oxygens (including phenoxy) is 1. The van der Waals surface area contributed by atoms with Crippen molar-refractivity contribution >= 4 is 0 Å². The third-order valence-electron chi connectivity index (χ3n) is 1.50. The zero-order chi connectivity index (χ0) is 8.53. The van der Waals surface area contributed by atoms with Crippen molar-refractivity contribution in [2.45, 2.75) is 33.1 Å². The van der Waals surface area contributed by atoms with Crippen LogP contribution in [0.1, 0.15) is 33.1 Å². The molecule has 0 aromatic rings. The number of hydrogen-bond donors (Lipinski definition) is 0. The lowest BCUT2D eigenvalue weighted by molar-refractivity contribution is 0.0952. The van der Waals surface area contributed by atoms with Gasteiger partial charge in [-0.1, -0.05) is 13.8 Å². The van der Waals surface area contributed by atoms with E-state index in [2.05, 4.69) is 13.8 Å². The molecule has 0 aliphatic rings. The van der Waals surface area contributed by atoms with Crippen LogP contribution >= 0.6 is 0 Å². The van der Waals surface area contributed by atoms with Gasteiger partial charge in [0.05, 0.1) is 6.61 Å². The number of hydrogen-bond acceptors (Lipinski definition) is 1. The number of rotatable bonds is 7. The van der Waals surface area contributed by atoms with Crippen LogP contribution in [0.3, 0.4) is 0 Å². The molecular weight excluding hydrogens is 140 g/mol. The first-order valence-electron chi connectivity index (χ1n) is 4.43. The highest BCUT2D eigenvalue weighted by Crippen LogP contribution is 2.02. The van der Waals surface area contributed by atoms with Gasteiger partial charge in [-0.25, -0.2) is 5.11 Å². The van der Waals surface area contributed by atoms with Crippen LogP contribution in [0, 0.1) is 5.92 Å². The van der Waals surface area contributed by atoms with Crippen molar-refractivity contribution in [2.24, 2.45) is 5.92 Å². The van der Waals surface area contributed by atoms with E-state index in [0.717, 1.165) is 18.9 Å². The van der Waals surface area contributed by atoms with Crippen LogP contribution in [-0.4, -0.2) is 19.8 Å². The Hall–Kier alpha value is -0.0800. The Bertz CT molecular complexity index is 72.0. The Morgan fingerprint density at radius 2 is 1.82 bits per heavy atom. The second-order valence-corrected chi connectivity index (χ2v) is 3.21.